The molecule has 0 fully saturated rings. The van der Waals surface area contributed by atoms with Crippen molar-refractivity contribution in [2.75, 3.05) is 6.61 Å². The smallest absolute Gasteiger partial charge is 0.254 e. The molecule has 2 aromatic rings. The first-order valence-electron chi connectivity index (χ1n) is 5.70. The maximum Gasteiger partial charge on any atom is 0.254 e. The minimum absolute atomic E-state index is 0.171. The summed E-state index contributed by atoms with van der Waals surface area (Å²) in [5, 5.41) is 13.4. The fourth-order valence-corrected chi connectivity index (χ4v) is 2.32. The van der Waals surface area contributed by atoms with Crippen LogP contribution in [0.15, 0.2) is 28.2 Å². The Kier molecular flexibility index (Phi) is 4.39. The molecule has 2 aromatic heterocycles. The summed E-state index contributed by atoms with van der Waals surface area (Å²) in [6, 6.07) is 3.56. The van der Waals surface area contributed by atoms with Crippen LogP contribution in [0.5, 0.6) is 0 Å². The fraction of sp³-hybridized carbons (Fsp3) is 0.214. The summed E-state index contributed by atoms with van der Waals surface area (Å²) in [4.78, 5) is 12.8. The van der Waals surface area contributed by atoms with E-state index in [9.17, 15) is 4.79 Å². The van der Waals surface area contributed by atoms with E-state index in [1.54, 1.807) is 13.0 Å². The predicted octanol–water partition coefficient (Wildman–Crippen LogP) is 1.92. The molecule has 98 valence electrons. The van der Waals surface area contributed by atoms with Gasteiger partial charge in [0, 0.05) is 10.4 Å². The van der Waals surface area contributed by atoms with E-state index in [2.05, 4.69) is 17.2 Å². The molecule has 0 saturated carbocycles. The van der Waals surface area contributed by atoms with Crippen LogP contribution in [0.25, 0.3) is 0 Å². The highest BCUT2D eigenvalue weighted by molar-refractivity contribution is 7.10. The summed E-state index contributed by atoms with van der Waals surface area (Å²) >= 11 is 1.52. The van der Waals surface area contributed by atoms with Gasteiger partial charge in [0.15, 0.2) is 0 Å². The molecular weight excluding hydrogens is 262 g/mol. The Morgan fingerprint density at radius 1 is 1.58 bits per heavy atom. The lowest BCUT2D eigenvalue weighted by Crippen LogP contribution is -2.22. The van der Waals surface area contributed by atoms with E-state index in [0.717, 1.165) is 10.4 Å². The van der Waals surface area contributed by atoms with Crippen LogP contribution in [0, 0.1) is 18.8 Å². The van der Waals surface area contributed by atoms with Gasteiger partial charge in [0.05, 0.1) is 12.1 Å². The van der Waals surface area contributed by atoms with Crippen molar-refractivity contribution in [1.29, 1.82) is 0 Å². The van der Waals surface area contributed by atoms with E-state index in [1.807, 2.05) is 11.4 Å². The summed E-state index contributed by atoms with van der Waals surface area (Å²) < 4.78 is 5.09. The van der Waals surface area contributed by atoms with Gasteiger partial charge in [0.1, 0.15) is 18.6 Å². The Labute approximate surface area is 115 Å². The molecule has 0 aliphatic carbocycles. The number of aliphatic hydroxyl groups is 1. The summed E-state index contributed by atoms with van der Waals surface area (Å²) in [6.45, 7) is 2.03. The lowest BCUT2D eigenvalue weighted by Gasteiger charge is -2.01. The van der Waals surface area contributed by atoms with Crippen LogP contribution < -0.4 is 5.32 Å². The third kappa shape index (κ3) is 3.47. The van der Waals surface area contributed by atoms with Gasteiger partial charge in [-0.15, -0.1) is 11.3 Å². The third-order valence-electron chi connectivity index (χ3n) is 2.45. The molecule has 0 saturated heterocycles. The molecule has 0 spiro atoms. The number of aliphatic hydroxyl groups excluding tert-OH is 1. The van der Waals surface area contributed by atoms with Gasteiger partial charge in [-0.3, -0.25) is 4.79 Å². The molecule has 0 aliphatic heterocycles. The second-order valence-electron chi connectivity index (χ2n) is 3.85. The quantitative estimate of drug-likeness (QED) is 0.841. The highest BCUT2D eigenvalue weighted by Gasteiger charge is 2.09. The normalized spacial score (nSPS) is 9.79. The van der Waals surface area contributed by atoms with Gasteiger partial charge in [-0.1, -0.05) is 11.8 Å². The van der Waals surface area contributed by atoms with Crippen LogP contribution in [-0.4, -0.2) is 17.6 Å². The van der Waals surface area contributed by atoms with Crippen molar-refractivity contribution in [2.45, 2.75) is 13.5 Å². The lowest BCUT2D eigenvalue weighted by molar-refractivity contribution is 0.0950. The van der Waals surface area contributed by atoms with Crippen LogP contribution in [0.1, 0.15) is 26.6 Å². The Morgan fingerprint density at radius 3 is 3.11 bits per heavy atom. The Hall–Kier alpha value is -2.03. The zero-order valence-electron chi connectivity index (χ0n) is 10.4. The van der Waals surface area contributed by atoms with Crippen molar-refractivity contribution < 1.29 is 14.3 Å². The summed E-state index contributed by atoms with van der Waals surface area (Å²) in [5.74, 6) is 5.98. The number of furan rings is 1. The van der Waals surface area contributed by atoms with Crippen molar-refractivity contribution in [3.05, 3.63) is 45.5 Å². The van der Waals surface area contributed by atoms with Crippen LogP contribution in [-0.2, 0) is 6.54 Å². The van der Waals surface area contributed by atoms with E-state index in [1.165, 1.54) is 17.6 Å². The Bertz CT molecular complexity index is 630. The molecule has 2 heterocycles. The van der Waals surface area contributed by atoms with Gasteiger partial charge < -0.3 is 14.8 Å². The van der Waals surface area contributed by atoms with Crippen molar-refractivity contribution in [3.63, 3.8) is 0 Å². The number of nitrogens with one attached hydrogen (secondary N) is 1. The zero-order chi connectivity index (χ0) is 13.7. The number of carbonyl (C=O) groups excluding carboxylic acids is 1. The van der Waals surface area contributed by atoms with Crippen LogP contribution in [0.4, 0.5) is 0 Å². The number of hydrogen-bond donors (Lipinski definition) is 2. The molecule has 0 bridgehead atoms. The minimum atomic E-state index is -0.175. The average Bonchev–Trinajstić information content (AvgIpc) is 3.02. The standard InChI is InChI=1S/C14H13NO3S/c1-10-7-12(9-18-10)14(17)15-8-13-11(3-2-5-16)4-6-19-13/h4,6-7,9,16H,5,8H2,1H3,(H,15,17). The van der Waals surface area contributed by atoms with E-state index < -0.39 is 0 Å². The maximum absolute atomic E-state index is 11.8. The van der Waals surface area contributed by atoms with Crippen LogP contribution >= 0.6 is 11.3 Å². The van der Waals surface area contributed by atoms with Gasteiger partial charge in [-0.05, 0) is 24.4 Å². The first kappa shape index (κ1) is 13.4. The maximum atomic E-state index is 11.8. The molecule has 4 nitrogen and oxygen atoms in total. The molecule has 0 radical (unpaired) electrons. The van der Waals surface area contributed by atoms with Gasteiger partial charge in [-0.25, -0.2) is 0 Å². The topological polar surface area (TPSA) is 62.5 Å². The molecule has 19 heavy (non-hydrogen) atoms. The van der Waals surface area contributed by atoms with Gasteiger partial charge in [0.25, 0.3) is 5.91 Å². The van der Waals surface area contributed by atoms with Crippen molar-refractivity contribution in [2.24, 2.45) is 0 Å². The predicted molar refractivity (Wildman–Crippen MR) is 72.9 cm³/mol. The molecule has 1 amide bonds. The molecule has 0 aromatic carbocycles. The second-order valence-corrected chi connectivity index (χ2v) is 4.85. The monoisotopic (exact) mass is 275 g/mol. The molecule has 5 heteroatoms. The lowest BCUT2D eigenvalue weighted by atomic mass is 10.2. The molecule has 0 atom stereocenters. The van der Waals surface area contributed by atoms with E-state index in [4.69, 9.17) is 9.52 Å². The molecule has 0 aliphatic rings. The highest BCUT2D eigenvalue weighted by atomic mass is 32.1. The average molecular weight is 275 g/mol. The van der Waals surface area contributed by atoms with Crippen LogP contribution in [0.3, 0.4) is 0 Å². The van der Waals surface area contributed by atoms with Gasteiger partial charge in [-0.2, -0.15) is 0 Å². The minimum Gasteiger partial charge on any atom is -0.469 e. The Balaban J connectivity index is 1.99. The number of hydrogen-bond acceptors (Lipinski definition) is 4. The first-order valence-corrected chi connectivity index (χ1v) is 6.58. The number of aryl methyl sites for hydroxylation is 1. The van der Waals surface area contributed by atoms with E-state index >= 15 is 0 Å². The number of thiophene rings is 1. The number of carbonyl (C=O) groups is 1. The van der Waals surface area contributed by atoms with Crippen molar-refractivity contribution >= 4 is 17.2 Å². The summed E-state index contributed by atoms with van der Waals surface area (Å²) in [7, 11) is 0. The van der Waals surface area contributed by atoms with Gasteiger partial charge in [0.2, 0.25) is 0 Å². The number of rotatable bonds is 3. The van der Waals surface area contributed by atoms with E-state index in [0.29, 0.717) is 17.9 Å². The molecule has 0 unspecified atom stereocenters. The highest BCUT2D eigenvalue weighted by Crippen LogP contribution is 2.16. The molecular formula is C14H13NO3S. The second kappa shape index (κ2) is 6.23. The Morgan fingerprint density at radius 2 is 2.42 bits per heavy atom. The molecule has 2 N–H and O–H groups in total. The van der Waals surface area contributed by atoms with E-state index in [-0.39, 0.29) is 12.5 Å². The van der Waals surface area contributed by atoms with Crippen molar-refractivity contribution in [1.82, 2.24) is 5.32 Å². The fourth-order valence-electron chi connectivity index (χ4n) is 1.55. The van der Waals surface area contributed by atoms with Gasteiger partial charge >= 0.3 is 0 Å². The van der Waals surface area contributed by atoms with Crippen LogP contribution in [0.2, 0.25) is 0 Å². The largest absolute Gasteiger partial charge is 0.469 e. The summed E-state index contributed by atoms with van der Waals surface area (Å²) in [5.41, 5.74) is 1.35. The summed E-state index contributed by atoms with van der Waals surface area (Å²) in [6.07, 6.45) is 1.44. The number of amides is 1. The SMILES string of the molecule is Cc1cc(C(=O)NCc2sccc2C#CCO)co1. The first-order chi connectivity index (χ1) is 9.20. The zero-order valence-corrected chi connectivity index (χ0v) is 11.2. The third-order valence-corrected chi connectivity index (χ3v) is 3.37. The van der Waals surface area contributed by atoms with Crippen molar-refractivity contribution in [3.8, 4) is 11.8 Å². The molecule has 2 rings (SSSR count).